The summed E-state index contributed by atoms with van der Waals surface area (Å²) in [7, 11) is 0. The van der Waals surface area contributed by atoms with Crippen LogP contribution >= 0.6 is 68.0 Å². The topological polar surface area (TPSA) is 109 Å². The zero-order valence-corrected chi connectivity index (χ0v) is 70.1. The summed E-state index contributed by atoms with van der Waals surface area (Å²) in [6.07, 6.45) is 35.7. The fourth-order valence-corrected chi connectivity index (χ4v) is 20.4. The van der Waals surface area contributed by atoms with Gasteiger partial charge in [-0.3, -0.25) is 0 Å². The van der Waals surface area contributed by atoms with E-state index in [-0.39, 0.29) is 17.1 Å². The molecule has 0 saturated carbocycles. The summed E-state index contributed by atoms with van der Waals surface area (Å²) < 4.78 is 40.5. The van der Waals surface area contributed by atoms with Crippen LogP contribution in [0.2, 0.25) is 0 Å². The molecule has 2 aliphatic heterocycles. The first kappa shape index (κ1) is 81.1. The third kappa shape index (κ3) is 20.8. The molecule has 2 aliphatic rings. The zero-order valence-electron chi connectivity index (χ0n) is 64.2. The standard InChI is InChI=1S/C92H104N4O6S6.Cu/c1-7-13-19-31-49-97-65-55-81(103-61-65)89-77(101-53-35-23-17-11-5)59-83(107-89)91-75(99-51-33-21-15-9-3)57-79(105-91)87-71-45-41-67(93-71)85(63-37-27-25-28-38-63)69-43-47-73(95-69)88(74-48-44-70(96-74)86(64-39-29-26-30-40-64)68-42-46-72(87)94-68)80-58-76(100-52-34-22-16-10-4)92(106-80)84-60-78(102-54-36-24-18-12-6)90(108-84)82-56-66(62-104-82)98-50-32-20-14-8-2;/h25-30,37-48,55-62H,7-24,31-36,49-54H2,1-6H3;/q-2;+2. The zero-order chi connectivity index (χ0) is 74.2. The largest absolute Gasteiger partial charge is 2.00 e. The predicted octanol–water partition coefficient (Wildman–Crippen LogP) is 29.4. The van der Waals surface area contributed by atoms with Crippen molar-refractivity contribution in [3.63, 3.8) is 0 Å². The monoisotopic (exact) mass is 1620 g/mol. The minimum absolute atomic E-state index is 0. The summed E-state index contributed by atoms with van der Waals surface area (Å²) in [5.41, 5.74) is 12.1. The second kappa shape index (κ2) is 41.7. The van der Waals surface area contributed by atoms with Gasteiger partial charge in [-0.1, -0.05) is 242 Å². The smallest absolute Gasteiger partial charge is 0.657 e. The van der Waals surface area contributed by atoms with Crippen molar-refractivity contribution in [3.05, 3.63) is 155 Å². The molecular formula is C92H104CuN4O6S6. The number of unbranched alkanes of at least 4 members (excludes halogenated alkanes) is 18. The molecule has 575 valence electrons. The van der Waals surface area contributed by atoms with Gasteiger partial charge in [0.1, 0.15) is 34.5 Å². The Morgan fingerprint density at radius 1 is 0.284 bits per heavy atom. The van der Waals surface area contributed by atoms with Crippen LogP contribution in [0.4, 0.5) is 0 Å². The van der Waals surface area contributed by atoms with Crippen LogP contribution in [0, 0.1) is 0 Å². The third-order valence-electron chi connectivity index (χ3n) is 19.6. The molecule has 0 aliphatic carbocycles. The van der Waals surface area contributed by atoms with Crippen LogP contribution < -0.4 is 38.4 Å². The van der Waals surface area contributed by atoms with Crippen molar-refractivity contribution < 1.29 is 45.5 Å². The minimum atomic E-state index is 0. The summed E-state index contributed by atoms with van der Waals surface area (Å²) in [5.74, 6) is 5.32. The minimum Gasteiger partial charge on any atom is -0.657 e. The molecule has 0 N–H and O–H groups in total. The van der Waals surface area contributed by atoms with E-state index in [9.17, 15) is 0 Å². The van der Waals surface area contributed by atoms with Crippen molar-refractivity contribution in [3.8, 4) is 117 Å². The maximum Gasteiger partial charge on any atom is 2.00 e. The van der Waals surface area contributed by atoms with Gasteiger partial charge in [0.05, 0.1) is 101 Å². The SMILES string of the molecule is CCCCCCOc1csc(-c2sc(-c3sc(-c4c5nc(c(-c6ccccc6)c6ccc([n-]6)c(-c6cc(OCCCCCC)c(-c7cc(OCCCCCC)c(-c8cc(OCCCCCC)cs8)s7)s6)c6nc(c(-c7ccccc7)c7ccc4[n-]7)C=C6)C=C5)cc3OCCCCCC)cc2OCCCCCC)c1.[Cu+2]. The number of rotatable bonds is 44. The molecule has 1 radical (unpaired) electrons. The molecular weight excluding hydrogens is 1510 g/mol. The molecule has 0 unspecified atom stereocenters. The van der Waals surface area contributed by atoms with E-state index < -0.39 is 0 Å². The normalized spacial score (nSPS) is 11.8. The molecule has 10 nitrogen and oxygen atoms in total. The molecule has 0 fully saturated rings. The van der Waals surface area contributed by atoms with Gasteiger partial charge in [-0.05, 0) is 109 Å². The Labute approximate surface area is 681 Å². The second-order valence-electron chi connectivity index (χ2n) is 28.1. The van der Waals surface area contributed by atoms with Crippen molar-refractivity contribution in [2.75, 3.05) is 39.6 Å². The van der Waals surface area contributed by atoms with Crippen LogP contribution in [0.1, 0.15) is 218 Å². The number of fused-ring (bicyclic) bond motifs is 8. The van der Waals surface area contributed by atoms with Crippen LogP contribution in [0.3, 0.4) is 0 Å². The fourth-order valence-electron chi connectivity index (χ4n) is 13.8. The van der Waals surface area contributed by atoms with Crippen LogP contribution in [-0.4, -0.2) is 49.6 Å². The average Bonchev–Trinajstić information content (AvgIpc) is 1.59. The molecule has 0 saturated heterocycles. The van der Waals surface area contributed by atoms with Gasteiger partial charge < -0.3 is 38.4 Å². The quantitative estimate of drug-likeness (QED) is 0.0270. The van der Waals surface area contributed by atoms with Gasteiger partial charge in [0, 0.05) is 43.8 Å². The first-order chi connectivity index (χ1) is 53.3. The molecule has 11 aromatic rings. The summed E-state index contributed by atoms with van der Waals surface area (Å²) in [6.45, 7) is 17.5. The Hall–Kier alpha value is -7.44. The van der Waals surface area contributed by atoms with E-state index in [1.165, 1.54) is 64.2 Å². The van der Waals surface area contributed by atoms with Crippen molar-refractivity contribution in [1.29, 1.82) is 0 Å². The molecule has 0 amide bonds. The third-order valence-corrected chi connectivity index (χ3v) is 26.7. The molecule has 2 aromatic carbocycles. The van der Waals surface area contributed by atoms with Gasteiger partial charge >= 0.3 is 17.1 Å². The number of thiophene rings is 6. The molecule has 13 rings (SSSR count). The molecule has 8 bridgehead atoms. The molecule has 11 heterocycles. The first-order valence-electron chi connectivity index (χ1n) is 40.0. The molecule has 109 heavy (non-hydrogen) atoms. The van der Waals surface area contributed by atoms with Crippen LogP contribution in [0.5, 0.6) is 34.5 Å². The van der Waals surface area contributed by atoms with Crippen molar-refractivity contribution in [2.24, 2.45) is 0 Å². The van der Waals surface area contributed by atoms with E-state index in [2.05, 4.69) is 198 Å². The number of ether oxygens (including phenoxy) is 6. The van der Waals surface area contributed by atoms with E-state index >= 15 is 0 Å². The van der Waals surface area contributed by atoms with E-state index in [4.69, 9.17) is 48.4 Å². The first-order valence-corrected chi connectivity index (χ1v) is 45.0. The summed E-state index contributed by atoms with van der Waals surface area (Å²) in [5, 5.41) is 4.30. The summed E-state index contributed by atoms with van der Waals surface area (Å²) in [4.78, 5) is 33.8. The van der Waals surface area contributed by atoms with Crippen LogP contribution in [0.15, 0.2) is 132 Å². The van der Waals surface area contributed by atoms with Crippen LogP contribution in [-0.2, 0) is 17.1 Å². The van der Waals surface area contributed by atoms with Crippen molar-refractivity contribution >= 4 is 114 Å². The van der Waals surface area contributed by atoms with Gasteiger partial charge in [-0.2, -0.15) is 0 Å². The van der Waals surface area contributed by atoms with Gasteiger partial charge in [-0.15, -0.1) is 90.1 Å². The molecule has 17 heteroatoms. The summed E-state index contributed by atoms with van der Waals surface area (Å²) in [6, 6.07) is 43.3. The Morgan fingerprint density at radius 2 is 0.560 bits per heavy atom. The van der Waals surface area contributed by atoms with E-state index in [1.54, 1.807) is 68.0 Å². The van der Waals surface area contributed by atoms with Gasteiger partial charge in [0.2, 0.25) is 0 Å². The van der Waals surface area contributed by atoms with Crippen molar-refractivity contribution in [2.45, 2.75) is 196 Å². The van der Waals surface area contributed by atoms with Crippen LogP contribution in [0.25, 0.3) is 129 Å². The van der Waals surface area contributed by atoms with Gasteiger partial charge in [-0.25, -0.2) is 9.97 Å². The Bertz CT molecular complexity index is 4600. The number of hydrogen-bond acceptors (Lipinski definition) is 14. The molecule has 0 spiro atoms. The maximum atomic E-state index is 7.04. The molecule has 9 aromatic heterocycles. The van der Waals surface area contributed by atoms with E-state index in [1.807, 2.05) is 0 Å². The Balaban J connectivity index is 0.0000111. The second-order valence-corrected chi connectivity index (χ2v) is 34.1. The Morgan fingerprint density at radius 3 is 0.881 bits per heavy atom. The average molecular weight is 1620 g/mol. The number of hydrogen-bond donors (Lipinski definition) is 0. The Kier molecular flexibility index (Phi) is 31.0. The van der Waals surface area contributed by atoms with Gasteiger partial charge in [0.15, 0.2) is 0 Å². The molecule has 0 atom stereocenters. The van der Waals surface area contributed by atoms with Gasteiger partial charge in [0.25, 0.3) is 0 Å². The predicted molar refractivity (Wildman–Crippen MR) is 465 cm³/mol. The number of aromatic nitrogens is 4. The fraction of sp³-hybridized carbons (Fsp3) is 0.391. The van der Waals surface area contributed by atoms with E-state index in [0.717, 1.165) is 251 Å². The number of benzene rings is 2. The summed E-state index contributed by atoms with van der Waals surface area (Å²) >= 11 is 10.5. The van der Waals surface area contributed by atoms with E-state index in [0.29, 0.717) is 39.6 Å². The maximum absolute atomic E-state index is 7.04. The number of nitrogens with zero attached hydrogens (tertiary/aromatic N) is 4. The van der Waals surface area contributed by atoms with Crippen molar-refractivity contribution in [1.82, 2.24) is 19.9 Å².